The molecule has 3 aromatic rings. The fourth-order valence-electron chi connectivity index (χ4n) is 3.34. The lowest BCUT2D eigenvalue weighted by molar-refractivity contribution is -0.0154. The van der Waals surface area contributed by atoms with E-state index in [9.17, 15) is 4.79 Å². The summed E-state index contributed by atoms with van der Waals surface area (Å²) >= 11 is 0. The number of aromatic amines is 1. The lowest BCUT2D eigenvalue weighted by Gasteiger charge is -2.33. The third kappa shape index (κ3) is 5.13. The molecule has 0 fully saturated rings. The molecular formula is C24H25N5O4. The van der Waals surface area contributed by atoms with Crippen molar-refractivity contribution in [2.24, 2.45) is 5.73 Å². The van der Waals surface area contributed by atoms with Crippen LogP contribution in [0.25, 0.3) is 0 Å². The summed E-state index contributed by atoms with van der Waals surface area (Å²) in [6, 6.07) is 12.0. The molecule has 0 aliphatic carbocycles. The van der Waals surface area contributed by atoms with E-state index in [1.807, 2.05) is 0 Å². The predicted molar refractivity (Wildman–Crippen MR) is 120 cm³/mol. The molecule has 2 aromatic carbocycles. The fourth-order valence-corrected chi connectivity index (χ4v) is 3.34. The number of hydrogen-bond acceptors (Lipinski definition) is 8. The fraction of sp³-hybridized carbons (Fsp3) is 0.333. The Hall–Kier alpha value is -3.90. The zero-order valence-electron chi connectivity index (χ0n) is 18.3. The van der Waals surface area contributed by atoms with Crippen molar-refractivity contribution in [2.75, 3.05) is 13.2 Å². The number of nitrogens with two attached hydrogens (primary N) is 1. The van der Waals surface area contributed by atoms with Gasteiger partial charge in [-0.3, -0.25) is 10.5 Å². The first kappa shape index (κ1) is 22.3. The van der Waals surface area contributed by atoms with Gasteiger partial charge in [-0.25, -0.2) is 0 Å². The molecule has 3 N–H and O–H groups in total. The molecule has 1 aliphatic rings. The Kier molecular flexibility index (Phi) is 6.86. The van der Waals surface area contributed by atoms with Gasteiger partial charge >= 0.3 is 0 Å². The molecule has 0 amide bonds. The van der Waals surface area contributed by atoms with Crippen LogP contribution in [0.5, 0.6) is 17.2 Å². The number of nitrogens with one attached hydrogen (secondary N) is 1. The number of carbonyl (C=O) groups excluding carboxylic acids is 1. The minimum absolute atomic E-state index is 0.0231. The number of rotatable bonds is 8. The number of para-hydroxylation sites is 1. The summed E-state index contributed by atoms with van der Waals surface area (Å²) in [5.74, 6) is 7.30. The van der Waals surface area contributed by atoms with Gasteiger partial charge in [-0.1, -0.05) is 37.7 Å². The molecule has 0 bridgehead atoms. The summed E-state index contributed by atoms with van der Waals surface area (Å²) in [4.78, 5) is 13.2. The van der Waals surface area contributed by atoms with Crippen LogP contribution in [0.1, 0.15) is 54.4 Å². The Bertz CT molecular complexity index is 1150. The van der Waals surface area contributed by atoms with E-state index in [0.29, 0.717) is 29.2 Å². The van der Waals surface area contributed by atoms with E-state index in [-0.39, 0.29) is 24.0 Å². The summed E-state index contributed by atoms with van der Waals surface area (Å²) in [6.45, 7) is 2.45. The van der Waals surface area contributed by atoms with Gasteiger partial charge in [0.15, 0.2) is 17.3 Å². The number of hydrogen-bond donors (Lipinski definition) is 2. The van der Waals surface area contributed by atoms with Crippen molar-refractivity contribution in [2.45, 2.75) is 38.3 Å². The number of tetrazole rings is 1. The van der Waals surface area contributed by atoms with E-state index < -0.39 is 5.72 Å². The van der Waals surface area contributed by atoms with Gasteiger partial charge in [-0.15, -0.1) is 10.2 Å². The van der Waals surface area contributed by atoms with Crippen molar-refractivity contribution in [3.63, 3.8) is 0 Å². The van der Waals surface area contributed by atoms with Crippen LogP contribution in [0.15, 0.2) is 42.5 Å². The van der Waals surface area contributed by atoms with E-state index in [0.717, 1.165) is 12.8 Å². The van der Waals surface area contributed by atoms with Gasteiger partial charge in [0.1, 0.15) is 19.0 Å². The molecule has 1 aromatic heterocycles. The smallest absolute Gasteiger partial charge is 0.257 e. The highest BCUT2D eigenvalue weighted by Gasteiger charge is 2.41. The summed E-state index contributed by atoms with van der Waals surface area (Å²) in [6.07, 6.45) is 4.36. The molecular weight excluding hydrogens is 422 g/mol. The van der Waals surface area contributed by atoms with E-state index in [1.165, 1.54) is 12.8 Å². The Balaban J connectivity index is 1.45. The van der Waals surface area contributed by atoms with Crippen molar-refractivity contribution < 1.29 is 19.0 Å². The molecule has 4 rings (SSSR count). The maximum atomic E-state index is 13.2. The number of H-pyrrole nitrogens is 1. The van der Waals surface area contributed by atoms with Crippen molar-refractivity contribution in [1.82, 2.24) is 20.6 Å². The maximum Gasteiger partial charge on any atom is 0.257 e. The van der Waals surface area contributed by atoms with Crippen LogP contribution in [0.3, 0.4) is 0 Å². The van der Waals surface area contributed by atoms with Gasteiger partial charge in [-0.2, -0.15) is 5.21 Å². The first-order valence-corrected chi connectivity index (χ1v) is 10.8. The molecule has 2 heterocycles. The minimum atomic E-state index is -1.47. The zero-order valence-corrected chi connectivity index (χ0v) is 18.3. The first-order chi connectivity index (χ1) is 16.1. The minimum Gasteiger partial charge on any atom is -0.483 e. The maximum absolute atomic E-state index is 13.2. The van der Waals surface area contributed by atoms with Crippen LogP contribution in [0, 0.1) is 11.8 Å². The highest BCUT2D eigenvalue weighted by atomic mass is 16.6. The van der Waals surface area contributed by atoms with Crippen LogP contribution in [-0.4, -0.2) is 39.6 Å². The SMILES string of the molecule is CCCCCC#CCOc1ccc(C(=O)c2cccc3c2OC(N)(c2nn[nH]n2)CO3)cc1. The number of ether oxygens (including phenoxy) is 3. The molecule has 9 nitrogen and oxygen atoms in total. The van der Waals surface area contributed by atoms with Crippen LogP contribution < -0.4 is 19.9 Å². The van der Waals surface area contributed by atoms with Gasteiger partial charge < -0.3 is 14.2 Å². The molecule has 9 heteroatoms. The number of nitrogens with zero attached hydrogens (tertiary/aromatic N) is 3. The van der Waals surface area contributed by atoms with Crippen molar-refractivity contribution in [1.29, 1.82) is 0 Å². The molecule has 1 unspecified atom stereocenters. The summed E-state index contributed by atoms with van der Waals surface area (Å²) < 4.78 is 17.3. The van der Waals surface area contributed by atoms with Crippen LogP contribution >= 0.6 is 0 Å². The highest BCUT2D eigenvalue weighted by molar-refractivity contribution is 6.11. The van der Waals surface area contributed by atoms with E-state index in [4.69, 9.17) is 19.9 Å². The number of unbranched alkanes of at least 4 members (excludes halogenated alkanes) is 3. The summed E-state index contributed by atoms with van der Waals surface area (Å²) in [5, 5.41) is 13.6. The predicted octanol–water partition coefficient (Wildman–Crippen LogP) is 2.98. The van der Waals surface area contributed by atoms with Crippen LogP contribution in [0.2, 0.25) is 0 Å². The van der Waals surface area contributed by atoms with E-state index in [2.05, 4.69) is 39.4 Å². The number of carbonyl (C=O) groups is 1. The van der Waals surface area contributed by atoms with Crippen LogP contribution in [0.4, 0.5) is 0 Å². The molecule has 33 heavy (non-hydrogen) atoms. The zero-order chi connectivity index (χ0) is 23.1. The van der Waals surface area contributed by atoms with Crippen molar-refractivity contribution >= 4 is 5.78 Å². The third-order valence-electron chi connectivity index (χ3n) is 5.13. The van der Waals surface area contributed by atoms with Gasteiger partial charge in [0.25, 0.3) is 5.72 Å². The van der Waals surface area contributed by atoms with E-state index >= 15 is 0 Å². The Morgan fingerprint density at radius 3 is 2.82 bits per heavy atom. The molecule has 1 aliphatic heterocycles. The number of benzene rings is 2. The normalized spacial score (nSPS) is 16.5. The summed E-state index contributed by atoms with van der Waals surface area (Å²) in [7, 11) is 0. The van der Waals surface area contributed by atoms with Gasteiger partial charge in [-0.05, 0) is 48.0 Å². The molecule has 1 atom stereocenters. The lowest BCUT2D eigenvalue weighted by Crippen LogP contribution is -2.51. The Morgan fingerprint density at radius 1 is 1.21 bits per heavy atom. The largest absolute Gasteiger partial charge is 0.483 e. The van der Waals surface area contributed by atoms with E-state index in [1.54, 1.807) is 42.5 Å². The molecule has 0 saturated carbocycles. The second-order valence-electron chi connectivity index (χ2n) is 7.60. The van der Waals surface area contributed by atoms with Crippen molar-refractivity contribution in [3.05, 3.63) is 59.4 Å². The number of fused-ring (bicyclic) bond motifs is 1. The monoisotopic (exact) mass is 447 g/mol. The standard InChI is InChI=1S/C24H25N5O4/c1-2-3-4-5-6-7-15-31-18-13-11-17(12-14-18)21(30)19-9-8-10-20-22(19)33-24(25,16-32-20)23-26-28-29-27-23/h8-14H,2-5,15-16,25H2,1H3,(H,26,27,28,29). The first-order valence-electron chi connectivity index (χ1n) is 10.8. The lowest BCUT2D eigenvalue weighted by atomic mass is 10.0. The Morgan fingerprint density at radius 2 is 2.06 bits per heavy atom. The topological polar surface area (TPSA) is 125 Å². The third-order valence-corrected chi connectivity index (χ3v) is 5.13. The van der Waals surface area contributed by atoms with Crippen LogP contribution in [-0.2, 0) is 5.72 Å². The van der Waals surface area contributed by atoms with Gasteiger partial charge in [0.05, 0.1) is 5.56 Å². The summed E-state index contributed by atoms with van der Waals surface area (Å²) in [5.41, 5.74) is 5.61. The number of aromatic nitrogens is 4. The second-order valence-corrected chi connectivity index (χ2v) is 7.60. The quantitative estimate of drug-likeness (QED) is 0.307. The van der Waals surface area contributed by atoms with Gasteiger partial charge in [0, 0.05) is 12.0 Å². The average molecular weight is 447 g/mol. The molecule has 170 valence electrons. The average Bonchev–Trinajstić information content (AvgIpc) is 3.39. The molecule has 0 radical (unpaired) electrons. The van der Waals surface area contributed by atoms with Gasteiger partial charge in [0.2, 0.25) is 5.82 Å². The highest BCUT2D eigenvalue weighted by Crippen LogP contribution is 2.40. The Labute approximate surface area is 191 Å². The molecule has 0 saturated heterocycles. The molecule has 0 spiro atoms. The number of ketones is 1. The second kappa shape index (κ2) is 10.1. The van der Waals surface area contributed by atoms with Crippen molar-refractivity contribution in [3.8, 4) is 29.1 Å².